The van der Waals surface area contributed by atoms with Crippen LogP contribution in [0.25, 0.3) is 0 Å². The highest BCUT2D eigenvalue weighted by Gasteiger charge is 2.30. The third-order valence-electron chi connectivity index (χ3n) is 2.75. The molecule has 102 valence electrons. The maximum Gasteiger partial charge on any atom is 0.320 e. The molecular weight excluding hydrogens is 270 g/mol. The van der Waals surface area contributed by atoms with Crippen molar-refractivity contribution in [3.63, 3.8) is 0 Å². The predicted molar refractivity (Wildman–Crippen MR) is 65.2 cm³/mol. The number of carboxylic acid groups (broad SMARTS) is 1. The van der Waals surface area contributed by atoms with E-state index in [4.69, 9.17) is 10.2 Å². The second-order valence-electron chi connectivity index (χ2n) is 3.74. The molecule has 1 unspecified atom stereocenters. The molecule has 0 aromatic carbocycles. The molecule has 1 atom stereocenters. The number of hydrogen-bond donors (Lipinski definition) is 2. The molecule has 0 radical (unpaired) electrons. The van der Waals surface area contributed by atoms with Gasteiger partial charge in [-0.3, -0.25) is 9.69 Å². The minimum atomic E-state index is -3.64. The number of nitrogens with two attached hydrogens (primary N) is 1. The van der Waals surface area contributed by atoms with Gasteiger partial charge in [-0.1, -0.05) is 6.92 Å². The molecule has 0 aromatic rings. The van der Waals surface area contributed by atoms with Gasteiger partial charge in [-0.15, -0.1) is 12.4 Å². The van der Waals surface area contributed by atoms with Crippen LogP contribution in [0.1, 0.15) is 13.3 Å². The van der Waals surface area contributed by atoms with Crippen molar-refractivity contribution in [1.29, 1.82) is 0 Å². The SMILES string of the molecule is CCC(C(=O)O)N1CCN(S(N)(=O)=O)CC1.Cl. The first-order valence-corrected chi connectivity index (χ1v) is 6.61. The van der Waals surface area contributed by atoms with Crippen molar-refractivity contribution in [1.82, 2.24) is 9.21 Å². The van der Waals surface area contributed by atoms with Crippen LogP contribution in [0.3, 0.4) is 0 Å². The number of hydrogen-bond acceptors (Lipinski definition) is 4. The quantitative estimate of drug-likeness (QED) is 0.697. The summed E-state index contributed by atoms with van der Waals surface area (Å²) in [6.45, 7) is 3.11. The predicted octanol–water partition coefficient (Wildman–Crippen LogP) is -0.907. The summed E-state index contributed by atoms with van der Waals surface area (Å²) >= 11 is 0. The first-order valence-electron chi connectivity index (χ1n) is 5.11. The molecule has 0 aromatic heterocycles. The van der Waals surface area contributed by atoms with Gasteiger partial charge in [0.2, 0.25) is 0 Å². The van der Waals surface area contributed by atoms with E-state index in [2.05, 4.69) is 0 Å². The standard InChI is InChI=1S/C8H17N3O4S.ClH/c1-2-7(8(12)13)10-3-5-11(6-4-10)16(9,14)15;/h7H,2-6H2,1H3,(H,12,13)(H2,9,14,15);1H. The maximum absolute atomic E-state index is 11.0. The summed E-state index contributed by atoms with van der Waals surface area (Å²) < 4.78 is 23.2. The van der Waals surface area contributed by atoms with Crippen molar-refractivity contribution in [3.8, 4) is 0 Å². The highest BCUT2D eigenvalue weighted by atomic mass is 35.5. The van der Waals surface area contributed by atoms with E-state index in [1.165, 1.54) is 0 Å². The highest BCUT2D eigenvalue weighted by Crippen LogP contribution is 2.10. The molecule has 1 heterocycles. The summed E-state index contributed by atoms with van der Waals surface area (Å²) in [6, 6.07) is -0.539. The minimum absolute atomic E-state index is 0. The molecule has 1 fully saturated rings. The first-order chi connectivity index (χ1) is 7.36. The van der Waals surface area contributed by atoms with E-state index in [-0.39, 0.29) is 25.5 Å². The molecule has 9 heteroatoms. The van der Waals surface area contributed by atoms with Gasteiger partial charge in [0.25, 0.3) is 10.2 Å². The van der Waals surface area contributed by atoms with Crippen LogP contribution >= 0.6 is 12.4 Å². The lowest BCUT2D eigenvalue weighted by atomic mass is 10.1. The zero-order chi connectivity index (χ0) is 12.3. The number of carbonyl (C=O) groups is 1. The zero-order valence-corrected chi connectivity index (χ0v) is 11.2. The van der Waals surface area contributed by atoms with Crippen molar-refractivity contribution in [2.45, 2.75) is 19.4 Å². The van der Waals surface area contributed by atoms with Crippen LogP contribution in [0.4, 0.5) is 0 Å². The Morgan fingerprint density at radius 1 is 1.35 bits per heavy atom. The molecule has 1 aliphatic heterocycles. The lowest BCUT2D eigenvalue weighted by Crippen LogP contribution is -2.54. The van der Waals surface area contributed by atoms with E-state index in [9.17, 15) is 13.2 Å². The Kier molecular flexibility index (Phi) is 6.35. The third kappa shape index (κ3) is 4.40. The Balaban J connectivity index is 0.00000256. The lowest BCUT2D eigenvalue weighted by molar-refractivity contribution is -0.143. The van der Waals surface area contributed by atoms with Gasteiger partial charge in [0.05, 0.1) is 0 Å². The van der Waals surface area contributed by atoms with Crippen LogP contribution in [0.15, 0.2) is 0 Å². The van der Waals surface area contributed by atoms with Gasteiger partial charge in [-0.25, -0.2) is 5.14 Å². The van der Waals surface area contributed by atoms with Crippen LogP contribution in [0, 0.1) is 0 Å². The Morgan fingerprint density at radius 3 is 2.12 bits per heavy atom. The second kappa shape index (κ2) is 6.50. The molecule has 1 aliphatic rings. The number of rotatable bonds is 4. The Morgan fingerprint density at radius 2 is 1.82 bits per heavy atom. The summed E-state index contributed by atoms with van der Waals surface area (Å²) in [5.74, 6) is -0.869. The zero-order valence-electron chi connectivity index (χ0n) is 9.57. The van der Waals surface area contributed by atoms with Gasteiger partial charge < -0.3 is 5.11 Å². The molecule has 1 rings (SSSR count). The number of halogens is 1. The van der Waals surface area contributed by atoms with Gasteiger partial charge in [0.15, 0.2) is 0 Å². The Hall–Kier alpha value is -0.410. The van der Waals surface area contributed by atoms with Crippen molar-refractivity contribution >= 4 is 28.6 Å². The van der Waals surface area contributed by atoms with Crippen molar-refractivity contribution in [2.24, 2.45) is 5.14 Å². The molecule has 0 bridgehead atoms. The summed E-state index contributed by atoms with van der Waals surface area (Å²) in [4.78, 5) is 12.7. The molecule has 0 spiro atoms. The van der Waals surface area contributed by atoms with E-state index >= 15 is 0 Å². The topological polar surface area (TPSA) is 104 Å². The summed E-state index contributed by atoms with van der Waals surface area (Å²) in [5, 5.41) is 13.9. The van der Waals surface area contributed by atoms with Gasteiger partial charge in [-0.05, 0) is 6.42 Å². The van der Waals surface area contributed by atoms with Crippen molar-refractivity contribution < 1.29 is 18.3 Å². The lowest BCUT2D eigenvalue weighted by Gasteiger charge is -2.35. The van der Waals surface area contributed by atoms with Gasteiger partial charge >= 0.3 is 5.97 Å². The molecule has 0 saturated carbocycles. The molecular formula is C8H18ClN3O4S. The first kappa shape index (κ1) is 16.6. The van der Waals surface area contributed by atoms with Crippen molar-refractivity contribution in [2.75, 3.05) is 26.2 Å². The minimum Gasteiger partial charge on any atom is -0.480 e. The Bertz CT molecular complexity index is 354. The molecule has 0 amide bonds. The normalized spacial score (nSPS) is 20.6. The number of carboxylic acids is 1. The Labute approximate surface area is 107 Å². The smallest absolute Gasteiger partial charge is 0.320 e. The number of nitrogens with zero attached hydrogens (tertiary/aromatic N) is 2. The summed E-state index contributed by atoms with van der Waals surface area (Å²) in [6.07, 6.45) is 0.505. The average molecular weight is 288 g/mol. The maximum atomic E-state index is 11.0. The number of aliphatic carboxylic acids is 1. The second-order valence-corrected chi connectivity index (χ2v) is 5.29. The fourth-order valence-electron chi connectivity index (χ4n) is 1.86. The molecule has 1 saturated heterocycles. The van der Waals surface area contributed by atoms with E-state index in [1.54, 1.807) is 11.8 Å². The highest BCUT2D eigenvalue weighted by molar-refractivity contribution is 7.86. The van der Waals surface area contributed by atoms with Crippen LogP contribution in [0.5, 0.6) is 0 Å². The van der Waals surface area contributed by atoms with E-state index in [0.717, 1.165) is 4.31 Å². The fraction of sp³-hybridized carbons (Fsp3) is 0.875. The third-order valence-corrected chi connectivity index (χ3v) is 3.83. The van der Waals surface area contributed by atoms with Crippen molar-refractivity contribution in [3.05, 3.63) is 0 Å². The fourth-order valence-corrected chi connectivity index (χ4v) is 2.53. The summed E-state index contributed by atoms with van der Waals surface area (Å²) in [7, 11) is -3.64. The van der Waals surface area contributed by atoms with Gasteiger partial charge in [0.1, 0.15) is 6.04 Å². The monoisotopic (exact) mass is 287 g/mol. The summed E-state index contributed by atoms with van der Waals surface area (Å²) in [5.41, 5.74) is 0. The van der Waals surface area contributed by atoms with Crippen LogP contribution in [0.2, 0.25) is 0 Å². The average Bonchev–Trinajstić information content (AvgIpc) is 2.17. The van der Waals surface area contributed by atoms with Gasteiger partial charge in [-0.2, -0.15) is 12.7 Å². The molecule has 3 N–H and O–H groups in total. The molecule has 17 heavy (non-hydrogen) atoms. The van der Waals surface area contributed by atoms with Crippen LogP contribution in [-0.4, -0.2) is 60.9 Å². The van der Waals surface area contributed by atoms with Gasteiger partial charge in [0, 0.05) is 26.2 Å². The molecule has 7 nitrogen and oxygen atoms in total. The van der Waals surface area contributed by atoms with E-state index < -0.39 is 22.2 Å². The number of piperazine rings is 1. The van der Waals surface area contributed by atoms with Crippen LogP contribution < -0.4 is 5.14 Å². The van der Waals surface area contributed by atoms with E-state index in [1.807, 2.05) is 0 Å². The van der Waals surface area contributed by atoms with E-state index in [0.29, 0.717) is 19.5 Å². The van der Waals surface area contributed by atoms with Crippen LogP contribution in [-0.2, 0) is 15.0 Å². The largest absolute Gasteiger partial charge is 0.480 e. The molecule has 0 aliphatic carbocycles.